The molecule has 2 bridgehead atoms. The van der Waals surface area contributed by atoms with E-state index in [9.17, 15) is 0 Å². The van der Waals surface area contributed by atoms with Crippen LogP contribution in [0.25, 0.3) is 0 Å². The summed E-state index contributed by atoms with van der Waals surface area (Å²) in [5.41, 5.74) is 2.78. The van der Waals surface area contributed by atoms with Gasteiger partial charge in [-0.1, -0.05) is 24.3 Å². The van der Waals surface area contributed by atoms with Gasteiger partial charge in [-0.3, -0.25) is 4.90 Å². The molecule has 0 spiro atoms. The number of hydrogen-bond acceptors (Lipinski definition) is 3. The zero-order chi connectivity index (χ0) is 17.6. The molecule has 25 heavy (non-hydrogen) atoms. The van der Waals surface area contributed by atoms with Crippen LogP contribution in [0.4, 0.5) is 5.69 Å². The van der Waals surface area contributed by atoms with Crippen molar-refractivity contribution in [3.8, 4) is 11.5 Å². The SMILES string of the molecule is CCOc1cccc2c1O[C@]1(C)C[C@H]2NC(=S)N1c1cccc(C)c1. The lowest BCUT2D eigenvalue weighted by molar-refractivity contribution is 0.0457. The molecule has 1 N–H and O–H groups in total. The summed E-state index contributed by atoms with van der Waals surface area (Å²) in [7, 11) is 0. The molecule has 2 aliphatic heterocycles. The summed E-state index contributed by atoms with van der Waals surface area (Å²) in [5.74, 6) is 1.60. The van der Waals surface area contributed by atoms with Crippen LogP contribution in [0.3, 0.4) is 0 Å². The maximum absolute atomic E-state index is 6.52. The Labute approximate surface area is 153 Å². The fraction of sp³-hybridized carbons (Fsp3) is 0.350. The minimum absolute atomic E-state index is 0.128. The Morgan fingerprint density at radius 2 is 2.12 bits per heavy atom. The molecule has 2 aromatic rings. The van der Waals surface area contributed by atoms with Gasteiger partial charge in [-0.15, -0.1) is 0 Å². The van der Waals surface area contributed by atoms with Crippen molar-refractivity contribution in [3.63, 3.8) is 0 Å². The molecule has 0 radical (unpaired) electrons. The van der Waals surface area contributed by atoms with Gasteiger partial charge in [0.15, 0.2) is 22.3 Å². The van der Waals surface area contributed by atoms with E-state index in [0.717, 1.165) is 29.2 Å². The molecule has 2 atom stereocenters. The van der Waals surface area contributed by atoms with Gasteiger partial charge in [0.2, 0.25) is 0 Å². The number of ether oxygens (including phenoxy) is 2. The summed E-state index contributed by atoms with van der Waals surface area (Å²) in [4.78, 5) is 2.08. The largest absolute Gasteiger partial charge is 0.490 e. The Balaban J connectivity index is 1.81. The minimum atomic E-state index is -0.555. The van der Waals surface area contributed by atoms with Crippen LogP contribution in [0.2, 0.25) is 0 Å². The highest BCUT2D eigenvalue weighted by atomic mass is 32.1. The molecule has 130 valence electrons. The molecule has 4 nitrogen and oxygen atoms in total. The molecule has 1 fully saturated rings. The quantitative estimate of drug-likeness (QED) is 0.830. The second-order valence-corrected chi connectivity index (χ2v) is 7.15. The summed E-state index contributed by atoms with van der Waals surface area (Å²) >= 11 is 5.70. The first-order valence-corrected chi connectivity index (χ1v) is 9.05. The van der Waals surface area contributed by atoms with Crippen molar-refractivity contribution in [2.75, 3.05) is 11.5 Å². The second-order valence-electron chi connectivity index (χ2n) is 6.77. The van der Waals surface area contributed by atoms with Gasteiger partial charge in [-0.25, -0.2) is 0 Å². The smallest absolute Gasteiger partial charge is 0.188 e. The Hall–Kier alpha value is -2.27. The first-order valence-electron chi connectivity index (χ1n) is 8.64. The fourth-order valence-electron chi connectivity index (χ4n) is 3.79. The minimum Gasteiger partial charge on any atom is -0.490 e. The van der Waals surface area contributed by atoms with E-state index < -0.39 is 5.72 Å². The summed E-state index contributed by atoms with van der Waals surface area (Å²) in [6, 6.07) is 14.5. The van der Waals surface area contributed by atoms with Crippen LogP contribution >= 0.6 is 12.2 Å². The lowest BCUT2D eigenvalue weighted by Crippen LogP contribution is -2.65. The van der Waals surface area contributed by atoms with Crippen LogP contribution < -0.4 is 19.7 Å². The third kappa shape index (κ3) is 2.63. The van der Waals surface area contributed by atoms with Crippen molar-refractivity contribution in [2.24, 2.45) is 0 Å². The van der Waals surface area contributed by atoms with E-state index in [0.29, 0.717) is 11.7 Å². The number of para-hydroxylation sites is 1. The zero-order valence-corrected chi connectivity index (χ0v) is 15.5. The van der Waals surface area contributed by atoms with Crippen molar-refractivity contribution in [2.45, 2.75) is 39.0 Å². The number of benzene rings is 2. The lowest BCUT2D eigenvalue weighted by atomic mass is 9.90. The monoisotopic (exact) mass is 354 g/mol. The van der Waals surface area contributed by atoms with Gasteiger partial charge in [-0.2, -0.15) is 0 Å². The van der Waals surface area contributed by atoms with Crippen molar-refractivity contribution in [3.05, 3.63) is 53.6 Å². The highest BCUT2D eigenvalue weighted by Crippen LogP contribution is 2.49. The van der Waals surface area contributed by atoms with E-state index in [1.165, 1.54) is 5.56 Å². The van der Waals surface area contributed by atoms with Crippen LogP contribution in [0.15, 0.2) is 42.5 Å². The van der Waals surface area contributed by atoms with E-state index in [1.807, 2.05) is 25.1 Å². The second kappa shape index (κ2) is 5.92. The predicted molar refractivity (Wildman–Crippen MR) is 103 cm³/mol. The van der Waals surface area contributed by atoms with E-state index in [2.05, 4.69) is 48.3 Å². The molecule has 0 saturated carbocycles. The van der Waals surface area contributed by atoms with Crippen LogP contribution in [0.1, 0.15) is 37.4 Å². The molecule has 1 saturated heterocycles. The Kier molecular flexibility index (Phi) is 3.84. The summed E-state index contributed by atoms with van der Waals surface area (Å²) in [6.07, 6.45) is 0.809. The lowest BCUT2D eigenvalue weighted by Gasteiger charge is -2.52. The Morgan fingerprint density at radius 1 is 1.32 bits per heavy atom. The number of nitrogens with zero attached hydrogens (tertiary/aromatic N) is 1. The molecule has 4 rings (SSSR count). The van der Waals surface area contributed by atoms with Gasteiger partial charge in [0, 0.05) is 17.7 Å². The standard InChI is InChI=1S/C20H22N2O2S/c1-4-23-17-10-6-9-15-16-12-20(3,24-18(15)17)22(19(25)21-16)14-8-5-7-13(2)11-14/h5-11,16H,4,12H2,1-3H3,(H,21,25)/t16-,20-/m1/s1. The fourth-order valence-corrected chi connectivity index (χ4v) is 4.23. The van der Waals surface area contributed by atoms with E-state index in [1.54, 1.807) is 0 Å². The van der Waals surface area contributed by atoms with E-state index in [4.69, 9.17) is 21.7 Å². The predicted octanol–water partition coefficient (Wildman–Crippen LogP) is 4.33. The third-order valence-corrected chi connectivity index (χ3v) is 5.12. The van der Waals surface area contributed by atoms with Crippen molar-refractivity contribution in [1.29, 1.82) is 0 Å². The van der Waals surface area contributed by atoms with Gasteiger partial charge < -0.3 is 14.8 Å². The summed E-state index contributed by atoms with van der Waals surface area (Å²) < 4.78 is 12.3. The molecule has 5 heteroatoms. The average Bonchev–Trinajstić information content (AvgIpc) is 2.55. The van der Waals surface area contributed by atoms with Gasteiger partial charge >= 0.3 is 0 Å². The van der Waals surface area contributed by atoms with E-state index >= 15 is 0 Å². The summed E-state index contributed by atoms with van der Waals surface area (Å²) in [5, 5.41) is 4.18. The molecule has 2 heterocycles. The first kappa shape index (κ1) is 16.2. The van der Waals surface area contributed by atoms with Crippen molar-refractivity contribution in [1.82, 2.24) is 5.32 Å². The maximum Gasteiger partial charge on any atom is 0.188 e. The first-order chi connectivity index (χ1) is 12.0. The summed E-state index contributed by atoms with van der Waals surface area (Å²) in [6.45, 7) is 6.77. The number of fused-ring (bicyclic) bond motifs is 4. The normalized spacial score (nSPS) is 24.2. The van der Waals surface area contributed by atoms with Crippen molar-refractivity contribution < 1.29 is 9.47 Å². The molecular formula is C20H22N2O2S. The Morgan fingerprint density at radius 3 is 2.88 bits per heavy atom. The molecule has 0 aliphatic carbocycles. The maximum atomic E-state index is 6.52. The van der Waals surface area contributed by atoms with Crippen molar-refractivity contribution >= 4 is 23.0 Å². The van der Waals surface area contributed by atoms with Gasteiger partial charge in [0.25, 0.3) is 0 Å². The highest BCUT2D eigenvalue weighted by molar-refractivity contribution is 7.80. The topological polar surface area (TPSA) is 33.7 Å². The van der Waals surface area contributed by atoms with Crippen LogP contribution in [-0.4, -0.2) is 17.4 Å². The van der Waals surface area contributed by atoms with E-state index in [-0.39, 0.29) is 6.04 Å². The van der Waals surface area contributed by atoms with Gasteiger partial charge in [0.1, 0.15) is 0 Å². The molecule has 0 amide bonds. The molecule has 2 aromatic carbocycles. The number of hydrogen-bond donors (Lipinski definition) is 1. The number of anilines is 1. The Bertz CT molecular complexity index is 838. The molecule has 0 unspecified atom stereocenters. The van der Waals surface area contributed by atoms with Gasteiger partial charge in [0.05, 0.1) is 12.6 Å². The third-order valence-electron chi connectivity index (χ3n) is 4.82. The average molecular weight is 354 g/mol. The number of rotatable bonds is 3. The highest BCUT2D eigenvalue weighted by Gasteiger charge is 2.49. The molecular weight excluding hydrogens is 332 g/mol. The van der Waals surface area contributed by atoms with Crippen LogP contribution in [0.5, 0.6) is 11.5 Å². The van der Waals surface area contributed by atoms with Crippen LogP contribution in [-0.2, 0) is 0 Å². The number of thiocarbonyl (C=S) groups is 1. The van der Waals surface area contributed by atoms with Crippen LogP contribution in [0, 0.1) is 6.92 Å². The number of nitrogens with one attached hydrogen (secondary N) is 1. The van der Waals surface area contributed by atoms with Gasteiger partial charge in [-0.05, 0) is 56.8 Å². The molecule has 2 aliphatic rings. The molecule has 0 aromatic heterocycles. The number of aryl methyl sites for hydroxylation is 1. The zero-order valence-electron chi connectivity index (χ0n) is 14.7.